The molecule has 0 spiro atoms. The van der Waals surface area contributed by atoms with Crippen molar-refractivity contribution in [2.75, 3.05) is 0 Å². The summed E-state index contributed by atoms with van der Waals surface area (Å²) in [6.07, 6.45) is 1.62. The summed E-state index contributed by atoms with van der Waals surface area (Å²) in [5, 5.41) is 14.0. The monoisotopic (exact) mass is 379 g/mol. The molecule has 7 nitrogen and oxygen atoms in total. The van der Waals surface area contributed by atoms with E-state index >= 15 is 0 Å². The van der Waals surface area contributed by atoms with Gasteiger partial charge in [0.15, 0.2) is 0 Å². The van der Waals surface area contributed by atoms with Gasteiger partial charge in [0, 0.05) is 11.6 Å². The highest BCUT2D eigenvalue weighted by atomic mass is 16.5. The third-order valence-electron chi connectivity index (χ3n) is 5.14. The number of fused-ring (bicyclic) bond motifs is 1. The number of pyridine rings is 1. The molecule has 1 atom stereocenters. The zero-order chi connectivity index (χ0) is 20.0. The zero-order valence-electron chi connectivity index (χ0n) is 16.0. The van der Waals surface area contributed by atoms with Crippen molar-refractivity contribution in [2.45, 2.75) is 45.7 Å². The highest BCUT2D eigenvalue weighted by Gasteiger charge is 2.39. The number of hydrogen-bond acceptors (Lipinski definition) is 5. The van der Waals surface area contributed by atoms with Gasteiger partial charge in [-0.25, -0.2) is 9.78 Å². The molecular weight excluding hydrogens is 358 g/mol. The second-order valence-electron chi connectivity index (χ2n) is 7.33. The quantitative estimate of drug-likeness (QED) is 0.728. The molecule has 1 aliphatic rings. The Morgan fingerprint density at radius 2 is 1.89 bits per heavy atom. The van der Waals surface area contributed by atoms with E-state index in [9.17, 15) is 14.7 Å². The van der Waals surface area contributed by atoms with Crippen molar-refractivity contribution in [1.29, 1.82) is 0 Å². The Kier molecular flexibility index (Phi) is 4.37. The molecule has 0 radical (unpaired) electrons. The van der Waals surface area contributed by atoms with Crippen molar-refractivity contribution >= 4 is 23.0 Å². The lowest BCUT2D eigenvalue weighted by Crippen LogP contribution is -2.44. The number of amides is 1. The maximum atomic E-state index is 13.4. The molecule has 1 amide bonds. The molecule has 7 heteroatoms. The molecule has 1 saturated carbocycles. The number of nitrogens with zero attached hydrogens (tertiary/aromatic N) is 3. The largest absolute Gasteiger partial charge is 0.480 e. The van der Waals surface area contributed by atoms with Crippen LogP contribution in [0.5, 0.6) is 0 Å². The molecule has 2 aromatic heterocycles. The SMILES string of the molecule is Cc1ccc(-c2cc(C(=O)N(C3CC3)C(C)C(=O)O)c3c(C)noc3n2)cc1. The van der Waals surface area contributed by atoms with Gasteiger partial charge in [-0.1, -0.05) is 35.0 Å². The van der Waals surface area contributed by atoms with Crippen LogP contribution in [0.15, 0.2) is 34.9 Å². The van der Waals surface area contributed by atoms with Crippen LogP contribution in [-0.4, -0.2) is 44.1 Å². The molecule has 28 heavy (non-hydrogen) atoms. The molecule has 0 aliphatic heterocycles. The fraction of sp³-hybridized carbons (Fsp3) is 0.333. The Morgan fingerprint density at radius 1 is 1.21 bits per heavy atom. The summed E-state index contributed by atoms with van der Waals surface area (Å²) in [4.78, 5) is 31.0. The summed E-state index contributed by atoms with van der Waals surface area (Å²) < 4.78 is 5.34. The van der Waals surface area contributed by atoms with Crippen molar-refractivity contribution < 1.29 is 19.2 Å². The summed E-state index contributed by atoms with van der Waals surface area (Å²) in [6, 6.07) is 8.55. The average Bonchev–Trinajstić information content (AvgIpc) is 3.44. The number of carboxylic acids is 1. The molecular formula is C21H21N3O4. The number of carboxylic acid groups (broad SMARTS) is 1. The minimum Gasteiger partial charge on any atom is -0.480 e. The van der Waals surface area contributed by atoms with Crippen LogP contribution in [-0.2, 0) is 4.79 Å². The van der Waals surface area contributed by atoms with Gasteiger partial charge in [0.2, 0.25) is 0 Å². The van der Waals surface area contributed by atoms with Gasteiger partial charge in [0.05, 0.1) is 22.3 Å². The second kappa shape index (κ2) is 6.74. The van der Waals surface area contributed by atoms with Crippen LogP contribution in [0, 0.1) is 13.8 Å². The molecule has 4 rings (SSSR count). The van der Waals surface area contributed by atoms with Gasteiger partial charge in [-0.15, -0.1) is 0 Å². The Morgan fingerprint density at radius 3 is 2.50 bits per heavy atom. The van der Waals surface area contributed by atoms with Crippen LogP contribution in [0.1, 0.15) is 41.4 Å². The van der Waals surface area contributed by atoms with Gasteiger partial charge in [-0.3, -0.25) is 4.79 Å². The fourth-order valence-electron chi connectivity index (χ4n) is 3.40. The van der Waals surface area contributed by atoms with Crippen LogP contribution in [0.2, 0.25) is 0 Å². The summed E-state index contributed by atoms with van der Waals surface area (Å²) in [5.41, 5.74) is 3.76. The number of aryl methyl sites for hydroxylation is 2. The van der Waals surface area contributed by atoms with E-state index in [1.807, 2.05) is 31.2 Å². The number of carbonyl (C=O) groups excluding carboxylic acids is 1. The van der Waals surface area contributed by atoms with E-state index in [4.69, 9.17) is 4.52 Å². The third-order valence-corrected chi connectivity index (χ3v) is 5.14. The predicted molar refractivity (Wildman–Crippen MR) is 103 cm³/mol. The first-order valence-electron chi connectivity index (χ1n) is 9.26. The molecule has 1 fully saturated rings. The van der Waals surface area contributed by atoms with Crippen LogP contribution in [0.4, 0.5) is 0 Å². The van der Waals surface area contributed by atoms with E-state index in [0.717, 1.165) is 24.0 Å². The Labute approximate surface area is 162 Å². The molecule has 0 saturated heterocycles. The van der Waals surface area contributed by atoms with Gasteiger partial charge in [-0.2, -0.15) is 0 Å². The molecule has 1 aliphatic carbocycles. The lowest BCUT2D eigenvalue weighted by molar-refractivity contribution is -0.141. The highest BCUT2D eigenvalue weighted by Crippen LogP contribution is 2.33. The van der Waals surface area contributed by atoms with E-state index in [2.05, 4.69) is 10.1 Å². The smallest absolute Gasteiger partial charge is 0.326 e. The first-order chi connectivity index (χ1) is 13.4. The minimum absolute atomic E-state index is 0.0511. The Balaban J connectivity index is 1.86. The summed E-state index contributed by atoms with van der Waals surface area (Å²) in [5.74, 6) is -1.35. The predicted octanol–water partition coefficient (Wildman–Crippen LogP) is 3.58. The number of hydrogen-bond donors (Lipinski definition) is 1. The first kappa shape index (κ1) is 18.2. The number of carbonyl (C=O) groups is 2. The average molecular weight is 379 g/mol. The standard InChI is InChI=1S/C21H21N3O4/c1-11-4-6-14(7-5-11)17-10-16(18-12(2)23-28-19(18)22-17)20(25)24(15-8-9-15)13(3)21(26)27/h4-7,10,13,15H,8-9H2,1-3H3,(H,26,27). The summed E-state index contributed by atoms with van der Waals surface area (Å²) in [7, 11) is 0. The minimum atomic E-state index is -1.02. The van der Waals surface area contributed by atoms with Crippen LogP contribution < -0.4 is 0 Å². The molecule has 144 valence electrons. The van der Waals surface area contributed by atoms with E-state index in [-0.39, 0.29) is 17.7 Å². The second-order valence-corrected chi connectivity index (χ2v) is 7.33. The summed E-state index contributed by atoms with van der Waals surface area (Å²) in [6.45, 7) is 5.28. The van der Waals surface area contributed by atoms with E-state index in [1.165, 1.54) is 11.8 Å². The molecule has 1 N–H and O–H groups in total. The van der Waals surface area contributed by atoms with Crippen LogP contribution >= 0.6 is 0 Å². The number of rotatable bonds is 5. The van der Waals surface area contributed by atoms with Crippen LogP contribution in [0.3, 0.4) is 0 Å². The molecule has 1 aromatic carbocycles. The lowest BCUT2D eigenvalue weighted by atomic mass is 10.0. The zero-order valence-corrected chi connectivity index (χ0v) is 16.0. The maximum absolute atomic E-state index is 13.4. The van der Waals surface area contributed by atoms with E-state index in [1.54, 1.807) is 13.0 Å². The Bertz CT molecular complexity index is 1070. The van der Waals surface area contributed by atoms with Gasteiger partial charge in [0.25, 0.3) is 11.6 Å². The Hall–Kier alpha value is -3.22. The van der Waals surface area contributed by atoms with Crippen LogP contribution in [0.25, 0.3) is 22.4 Å². The number of aliphatic carboxylic acids is 1. The number of aromatic nitrogens is 2. The third kappa shape index (κ3) is 3.13. The van der Waals surface area contributed by atoms with Gasteiger partial charge >= 0.3 is 5.97 Å². The molecule has 3 aromatic rings. The molecule has 1 unspecified atom stereocenters. The highest BCUT2D eigenvalue weighted by molar-refractivity contribution is 6.08. The molecule has 2 heterocycles. The maximum Gasteiger partial charge on any atom is 0.326 e. The van der Waals surface area contributed by atoms with E-state index < -0.39 is 12.0 Å². The molecule has 0 bridgehead atoms. The number of benzene rings is 1. The van der Waals surface area contributed by atoms with Crippen molar-refractivity contribution in [1.82, 2.24) is 15.0 Å². The van der Waals surface area contributed by atoms with Gasteiger partial charge < -0.3 is 14.5 Å². The lowest BCUT2D eigenvalue weighted by Gasteiger charge is -2.27. The van der Waals surface area contributed by atoms with Crippen molar-refractivity contribution in [2.24, 2.45) is 0 Å². The first-order valence-corrected chi connectivity index (χ1v) is 9.26. The van der Waals surface area contributed by atoms with Gasteiger partial charge in [-0.05, 0) is 39.7 Å². The normalized spacial score (nSPS) is 14.8. The van der Waals surface area contributed by atoms with Crippen molar-refractivity contribution in [3.63, 3.8) is 0 Å². The van der Waals surface area contributed by atoms with Crippen molar-refractivity contribution in [3.8, 4) is 11.3 Å². The summed E-state index contributed by atoms with van der Waals surface area (Å²) >= 11 is 0. The van der Waals surface area contributed by atoms with Crippen molar-refractivity contribution in [3.05, 3.63) is 47.2 Å². The van der Waals surface area contributed by atoms with Gasteiger partial charge in [0.1, 0.15) is 6.04 Å². The topological polar surface area (TPSA) is 96.5 Å². The van der Waals surface area contributed by atoms with E-state index in [0.29, 0.717) is 22.3 Å². The fourth-order valence-corrected chi connectivity index (χ4v) is 3.40.